The van der Waals surface area contributed by atoms with E-state index in [1.54, 1.807) is 0 Å². The van der Waals surface area contributed by atoms with Crippen LogP contribution in [-0.4, -0.2) is 0 Å². The van der Waals surface area contributed by atoms with Crippen molar-refractivity contribution in [2.45, 2.75) is 40.5 Å². The number of hydrogen-bond acceptors (Lipinski definition) is 0. The zero-order valence-electron chi connectivity index (χ0n) is 7.72. The van der Waals surface area contributed by atoms with Crippen molar-refractivity contribution in [2.75, 3.05) is 0 Å². The highest BCUT2D eigenvalue weighted by molar-refractivity contribution is 4.88. The Kier molecular flexibility index (Phi) is 5.38. The second-order valence-electron chi connectivity index (χ2n) is 3.16. The molecule has 0 amide bonds. The van der Waals surface area contributed by atoms with Crippen molar-refractivity contribution in [3.8, 4) is 0 Å². The summed E-state index contributed by atoms with van der Waals surface area (Å²) in [5.74, 6) is 1.52. The van der Waals surface area contributed by atoms with Gasteiger partial charge in [0.05, 0.1) is 0 Å². The number of rotatable bonds is 4. The largest absolute Gasteiger partial charge is 0.0854 e. The maximum Gasteiger partial charge on any atom is -0.0264 e. The van der Waals surface area contributed by atoms with Gasteiger partial charge in [0.25, 0.3) is 0 Å². The monoisotopic (exact) mass is 140 g/mol. The van der Waals surface area contributed by atoms with Crippen LogP contribution in [0.2, 0.25) is 0 Å². The van der Waals surface area contributed by atoms with Gasteiger partial charge >= 0.3 is 0 Å². The second-order valence-corrected chi connectivity index (χ2v) is 3.16. The quantitative estimate of drug-likeness (QED) is 0.523. The van der Waals surface area contributed by atoms with E-state index < -0.39 is 0 Å². The topological polar surface area (TPSA) is 0 Å². The molecule has 0 rings (SSSR count). The molecule has 0 aliphatic rings. The molecule has 0 aromatic carbocycles. The smallest absolute Gasteiger partial charge is 0.0264 e. The molecule has 2 atom stereocenters. The first-order chi connectivity index (χ1) is 4.70. The van der Waals surface area contributed by atoms with E-state index in [9.17, 15) is 0 Å². The van der Waals surface area contributed by atoms with Gasteiger partial charge in [-0.15, -0.1) is 0 Å². The first-order valence-corrected chi connectivity index (χ1v) is 4.39. The average Bonchev–Trinajstić information content (AvgIpc) is 1.99. The number of allylic oxidation sites excluding steroid dienone is 2. The van der Waals surface area contributed by atoms with E-state index in [0.29, 0.717) is 0 Å². The second kappa shape index (κ2) is 5.52. The van der Waals surface area contributed by atoms with Crippen molar-refractivity contribution >= 4 is 0 Å². The lowest BCUT2D eigenvalue weighted by molar-refractivity contribution is 0.659. The van der Waals surface area contributed by atoms with E-state index in [2.05, 4.69) is 39.8 Å². The molecule has 2 unspecified atom stereocenters. The Hall–Kier alpha value is -0.260. The van der Waals surface area contributed by atoms with Gasteiger partial charge in [0.1, 0.15) is 0 Å². The molecule has 60 valence electrons. The summed E-state index contributed by atoms with van der Waals surface area (Å²) < 4.78 is 0. The molecule has 0 saturated carbocycles. The zero-order chi connectivity index (χ0) is 7.98. The van der Waals surface area contributed by atoms with Crippen LogP contribution in [0.1, 0.15) is 40.5 Å². The van der Waals surface area contributed by atoms with Crippen molar-refractivity contribution in [2.24, 2.45) is 11.8 Å². The third kappa shape index (κ3) is 4.60. The maximum atomic E-state index is 2.33. The Labute approximate surface area is 65.3 Å². The highest BCUT2D eigenvalue weighted by atomic mass is 14.0. The van der Waals surface area contributed by atoms with Crippen LogP contribution in [0.25, 0.3) is 0 Å². The SMILES string of the molecule is CCC(C)/C=C/C(C)CC. The summed E-state index contributed by atoms with van der Waals surface area (Å²) in [7, 11) is 0. The molecule has 0 spiro atoms. The van der Waals surface area contributed by atoms with Crippen molar-refractivity contribution < 1.29 is 0 Å². The summed E-state index contributed by atoms with van der Waals surface area (Å²) in [5, 5.41) is 0. The van der Waals surface area contributed by atoms with Gasteiger partial charge in [-0.05, 0) is 11.8 Å². The van der Waals surface area contributed by atoms with Crippen LogP contribution in [0.15, 0.2) is 12.2 Å². The maximum absolute atomic E-state index is 2.33. The normalized spacial score (nSPS) is 17.6. The van der Waals surface area contributed by atoms with Crippen LogP contribution in [0.3, 0.4) is 0 Å². The molecular formula is C10H20. The predicted molar refractivity (Wildman–Crippen MR) is 48.1 cm³/mol. The van der Waals surface area contributed by atoms with Crippen LogP contribution >= 0.6 is 0 Å². The molecule has 0 radical (unpaired) electrons. The molecule has 0 aliphatic heterocycles. The highest BCUT2D eigenvalue weighted by Crippen LogP contribution is 2.07. The summed E-state index contributed by atoms with van der Waals surface area (Å²) >= 11 is 0. The third-order valence-electron chi connectivity index (χ3n) is 2.06. The molecule has 0 nitrogen and oxygen atoms in total. The molecule has 0 aliphatic carbocycles. The Morgan fingerprint density at radius 3 is 1.40 bits per heavy atom. The van der Waals surface area contributed by atoms with Crippen molar-refractivity contribution in [1.29, 1.82) is 0 Å². The van der Waals surface area contributed by atoms with Crippen LogP contribution in [-0.2, 0) is 0 Å². The lowest BCUT2D eigenvalue weighted by atomic mass is 10.0. The number of hydrogen-bond donors (Lipinski definition) is 0. The van der Waals surface area contributed by atoms with E-state index in [0.717, 1.165) is 11.8 Å². The van der Waals surface area contributed by atoms with Crippen molar-refractivity contribution in [3.05, 3.63) is 12.2 Å². The third-order valence-corrected chi connectivity index (χ3v) is 2.06. The molecule has 0 bridgehead atoms. The van der Waals surface area contributed by atoms with Gasteiger partial charge in [0.2, 0.25) is 0 Å². The van der Waals surface area contributed by atoms with Gasteiger partial charge in [-0.25, -0.2) is 0 Å². The fraction of sp³-hybridized carbons (Fsp3) is 0.800. The molecule has 0 N–H and O–H groups in total. The van der Waals surface area contributed by atoms with E-state index >= 15 is 0 Å². The Balaban J connectivity index is 3.52. The first-order valence-electron chi connectivity index (χ1n) is 4.39. The Morgan fingerprint density at radius 2 is 1.20 bits per heavy atom. The summed E-state index contributed by atoms with van der Waals surface area (Å²) in [6, 6.07) is 0. The lowest BCUT2D eigenvalue weighted by Gasteiger charge is -2.03. The van der Waals surface area contributed by atoms with Gasteiger partial charge in [-0.1, -0.05) is 52.7 Å². The summed E-state index contributed by atoms with van der Waals surface area (Å²) in [4.78, 5) is 0. The molecule has 0 aromatic rings. The van der Waals surface area contributed by atoms with Gasteiger partial charge in [0, 0.05) is 0 Å². The van der Waals surface area contributed by atoms with E-state index in [4.69, 9.17) is 0 Å². The minimum absolute atomic E-state index is 0.758. The van der Waals surface area contributed by atoms with Crippen LogP contribution in [0.5, 0.6) is 0 Å². The first kappa shape index (κ1) is 9.74. The summed E-state index contributed by atoms with van der Waals surface area (Å²) in [6.07, 6.45) is 7.17. The Bertz CT molecular complexity index is 80.2. The molecule has 10 heavy (non-hydrogen) atoms. The average molecular weight is 140 g/mol. The molecular weight excluding hydrogens is 120 g/mol. The Morgan fingerprint density at radius 1 is 0.900 bits per heavy atom. The van der Waals surface area contributed by atoms with Crippen LogP contribution < -0.4 is 0 Å². The standard InChI is InChI=1S/C10H20/c1-5-9(3)7-8-10(4)6-2/h7-10H,5-6H2,1-4H3/b8-7+. The molecule has 0 heteroatoms. The van der Waals surface area contributed by atoms with Gasteiger partial charge in [-0.2, -0.15) is 0 Å². The molecule has 0 saturated heterocycles. The van der Waals surface area contributed by atoms with E-state index in [-0.39, 0.29) is 0 Å². The summed E-state index contributed by atoms with van der Waals surface area (Å²) in [6.45, 7) is 8.98. The lowest BCUT2D eigenvalue weighted by Crippen LogP contribution is -1.89. The van der Waals surface area contributed by atoms with Crippen molar-refractivity contribution in [3.63, 3.8) is 0 Å². The van der Waals surface area contributed by atoms with E-state index in [1.165, 1.54) is 12.8 Å². The van der Waals surface area contributed by atoms with Gasteiger partial charge in [0.15, 0.2) is 0 Å². The fourth-order valence-electron chi connectivity index (χ4n) is 0.652. The van der Waals surface area contributed by atoms with Gasteiger partial charge in [-0.3, -0.25) is 0 Å². The highest BCUT2D eigenvalue weighted by Gasteiger charge is 1.93. The predicted octanol–water partition coefficient (Wildman–Crippen LogP) is 3.63. The zero-order valence-corrected chi connectivity index (χ0v) is 7.72. The minimum atomic E-state index is 0.758. The molecule has 0 heterocycles. The van der Waals surface area contributed by atoms with Gasteiger partial charge < -0.3 is 0 Å². The van der Waals surface area contributed by atoms with Crippen LogP contribution in [0.4, 0.5) is 0 Å². The van der Waals surface area contributed by atoms with E-state index in [1.807, 2.05) is 0 Å². The summed E-state index contributed by atoms with van der Waals surface area (Å²) in [5.41, 5.74) is 0. The fourth-order valence-corrected chi connectivity index (χ4v) is 0.652. The van der Waals surface area contributed by atoms with Crippen molar-refractivity contribution in [1.82, 2.24) is 0 Å². The molecule has 0 aromatic heterocycles. The molecule has 0 fully saturated rings. The van der Waals surface area contributed by atoms with Crippen LogP contribution in [0, 0.1) is 11.8 Å². The minimum Gasteiger partial charge on any atom is -0.0854 e.